The molecule has 98 valence electrons. The molecule has 0 spiro atoms. The fourth-order valence-corrected chi connectivity index (χ4v) is 1.69. The van der Waals surface area contributed by atoms with Crippen LogP contribution < -0.4 is 5.32 Å². The SMILES string of the molecule is O=C(Nc1ccc(O)c(Cl)c1)c1cc(O)cc(O)c1. The number of amides is 1. The highest BCUT2D eigenvalue weighted by molar-refractivity contribution is 6.32. The van der Waals surface area contributed by atoms with Crippen molar-refractivity contribution in [1.82, 2.24) is 0 Å². The van der Waals surface area contributed by atoms with E-state index >= 15 is 0 Å². The van der Waals surface area contributed by atoms with E-state index in [0.29, 0.717) is 5.69 Å². The Labute approximate surface area is 113 Å². The highest BCUT2D eigenvalue weighted by atomic mass is 35.5. The van der Waals surface area contributed by atoms with E-state index in [9.17, 15) is 20.1 Å². The molecule has 5 nitrogen and oxygen atoms in total. The number of phenols is 3. The third kappa shape index (κ3) is 3.08. The van der Waals surface area contributed by atoms with Gasteiger partial charge in [-0.1, -0.05) is 11.6 Å². The molecule has 0 aliphatic heterocycles. The highest BCUT2D eigenvalue weighted by Gasteiger charge is 2.10. The second-order valence-electron chi connectivity index (χ2n) is 3.86. The van der Waals surface area contributed by atoms with Crippen LogP contribution in [0.5, 0.6) is 17.2 Å². The fourth-order valence-electron chi connectivity index (χ4n) is 1.51. The summed E-state index contributed by atoms with van der Waals surface area (Å²) in [6.07, 6.45) is 0. The Kier molecular flexibility index (Phi) is 3.48. The second-order valence-corrected chi connectivity index (χ2v) is 4.27. The van der Waals surface area contributed by atoms with Crippen molar-refractivity contribution in [2.75, 3.05) is 5.32 Å². The third-order valence-electron chi connectivity index (χ3n) is 2.37. The van der Waals surface area contributed by atoms with E-state index in [1.165, 1.54) is 30.3 Å². The monoisotopic (exact) mass is 279 g/mol. The van der Waals surface area contributed by atoms with Crippen molar-refractivity contribution in [2.24, 2.45) is 0 Å². The van der Waals surface area contributed by atoms with Crippen molar-refractivity contribution < 1.29 is 20.1 Å². The van der Waals surface area contributed by atoms with E-state index in [0.717, 1.165) is 6.07 Å². The smallest absolute Gasteiger partial charge is 0.255 e. The largest absolute Gasteiger partial charge is 0.508 e. The highest BCUT2D eigenvalue weighted by Crippen LogP contribution is 2.27. The second kappa shape index (κ2) is 5.07. The standard InChI is InChI=1S/C13H10ClNO4/c14-11-5-8(1-2-12(11)18)15-13(19)7-3-9(16)6-10(17)4-7/h1-6,16-18H,(H,15,19). The normalized spacial score (nSPS) is 10.2. The fraction of sp³-hybridized carbons (Fsp3) is 0. The number of aromatic hydroxyl groups is 3. The Morgan fingerprint density at radius 3 is 2.21 bits per heavy atom. The lowest BCUT2D eigenvalue weighted by Crippen LogP contribution is -2.11. The average Bonchev–Trinajstić information content (AvgIpc) is 2.32. The Balaban J connectivity index is 2.22. The van der Waals surface area contributed by atoms with Gasteiger partial charge >= 0.3 is 0 Å². The maximum atomic E-state index is 11.9. The van der Waals surface area contributed by atoms with Crippen LogP contribution in [0.2, 0.25) is 5.02 Å². The van der Waals surface area contributed by atoms with E-state index in [-0.39, 0.29) is 27.8 Å². The number of halogens is 1. The molecule has 0 saturated heterocycles. The molecule has 0 bridgehead atoms. The van der Waals surface area contributed by atoms with Gasteiger partial charge in [-0.3, -0.25) is 4.79 Å². The third-order valence-corrected chi connectivity index (χ3v) is 2.67. The summed E-state index contributed by atoms with van der Waals surface area (Å²) in [7, 11) is 0. The quantitative estimate of drug-likeness (QED) is 0.636. The summed E-state index contributed by atoms with van der Waals surface area (Å²) in [5, 5.41) is 30.5. The minimum atomic E-state index is -0.520. The molecule has 0 heterocycles. The van der Waals surface area contributed by atoms with Crippen molar-refractivity contribution in [2.45, 2.75) is 0 Å². The molecule has 2 aromatic rings. The number of hydrogen-bond acceptors (Lipinski definition) is 4. The summed E-state index contributed by atoms with van der Waals surface area (Å²) in [4.78, 5) is 11.9. The first-order valence-corrected chi connectivity index (χ1v) is 5.66. The van der Waals surface area contributed by atoms with Crippen molar-refractivity contribution in [3.63, 3.8) is 0 Å². The average molecular weight is 280 g/mol. The van der Waals surface area contributed by atoms with Crippen molar-refractivity contribution in [3.05, 3.63) is 47.0 Å². The number of nitrogens with one attached hydrogen (secondary N) is 1. The molecule has 0 unspecified atom stereocenters. The van der Waals surface area contributed by atoms with Gasteiger partial charge in [0.2, 0.25) is 0 Å². The Hall–Kier alpha value is -2.40. The first kappa shape index (κ1) is 13.0. The van der Waals surface area contributed by atoms with Crippen molar-refractivity contribution in [1.29, 1.82) is 0 Å². The van der Waals surface area contributed by atoms with E-state index in [1.807, 2.05) is 0 Å². The first-order chi connectivity index (χ1) is 8.95. The van der Waals surface area contributed by atoms with Crippen LogP contribution in [-0.4, -0.2) is 21.2 Å². The molecule has 6 heteroatoms. The topological polar surface area (TPSA) is 89.8 Å². The Morgan fingerprint density at radius 1 is 1.00 bits per heavy atom. The lowest BCUT2D eigenvalue weighted by Gasteiger charge is -2.07. The summed E-state index contributed by atoms with van der Waals surface area (Å²) in [5.41, 5.74) is 0.484. The zero-order valence-corrected chi connectivity index (χ0v) is 10.3. The molecule has 4 N–H and O–H groups in total. The summed E-state index contributed by atoms with van der Waals surface area (Å²) in [6, 6.07) is 7.76. The molecule has 0 radical (unpaired) electrons. The van der Waals surface area contributed by atoms with Gasteiger partial charge in [-0.2, -0.15) is 0 Å². The number of phenolic OH excluding ortho intramolecular Hbond substituents is 3. The molecule has 0 saturated carbocycles. The van der Waals surface area contributed by atoms with Gasteiger partial charge in [0.1, 0.15) is 17.2 Å². The maximum Gasteiger partial charge on any atom is 0.255 e. The zero-order chi connectivity index (χ0) is 14.0. The Bertz CT molecular complexity index is 622. The van der Waals surface area contributed by atoms with Gasteiger partial charge in [0, 0.05) is 17.3 Å². The van der Waals surface area contributed by atoms with E-state index in [1.54, 1.807) is 0 Å². The van der Waals surface area contributed by atoms with E-state index in [4.69, 9.17) is 11.6 Å². The molecule has 0 atom stereocenters. The molecule has 0 aromatic heterocycles. The minimum absolute atomic E-state index is 0.0883. The lowest BCUT2D eigenvalue weighted by atomic mass is 10.2. The van der Waals surface area contributed by atoms with Crippen LogP contribution in [0.1, 0.15) is 10.4 Å². The lowest BCUT2D eigenvalue weighted by molar-refractivity contribution is 0.102. The summed E-state index contributed by atoms with van der Waals surface area (Å²) >= 11 is 5.71. The summed E-state index contributed by atoms with van der Waals surface area (Å²) < 4.78 is 0. The molecular weight excluding hydrogens is 270 g/mol. The van der Waals surface area contributed by atoms with Crippen LogP contribution in [0.25, 0.3) is 0 Å². The van der Waals surface area contributed by atoms with Crippen LogP contribution in [-0.2, 0) is 0 Å². The molecule has 1 amide bonds. The number of benzene rings is 2. The number of hydrogen-bond donors (Lipinski definition) is 4. The first-order valence-electron chi connectivity index (χ1n) is 5.28. The molecule has 2 rings (SSSR count). The number of carbonyl (C=O) groups is 1. The molecule has 0 fully saturated rings. The van der Waals surface area contributed by atoms with Gasteiger partial charge < -0.3 is 20.6 Å². The van der Waals surface area contributed by atoms with Crippen molar-refractivity contribution in [3.8, 4) is 17.2 Å². The molecule has 0 aliphatic carbocycles. The molecule has 19 heavy (non-hydrogen) atoms. The van der Waals surface area contributed by atoms with E-state index < -0.39 is 5.91 Å². The van der Waals surface area contributed by atoms with Gasteiger partial charge in [-0.25, -0.2) is 0 Å². The van der Waals surface area contributed by atoms with Crippen LogP contribution in [0.3, 0.4) is 0 Å². The minimum Gasteiger partial charge on any atom is -0.508 e. The predicted octanol–water partition coefficient (Wildman–Crippen LogP) is 2.71. The van der Waals surface area contributed by atoms with Crippen LogP contribution in [0, 0.1) is 0 Å². The van der Waals surface area contributed by atoms with Gasteiger partial charge in [0.25, 0.3) is 5.91 Å². The van der Waals surface area contributed by atoms with Crippen LogP contribution >= 0.6 is 11.6 Å². The molecule has 0 aliphatic rings. The number of rotatable bonds is 2. The molecular formula is C13H10ClNO4. The van der Waals surface area contributed by atoms with Gasteiger partial charge in [0.05, 0.1) is 5.02 Å². The van der Waals surface area contributed by atoms with Gasteiger partial charge in [0.15, 0.2) is 0 Å². The number of anilines is 1. The Morgan fingerprint density at radius 2 is 1.63 bits per heavy atom. The van der Waals surface area contributed by atoms with Crippen LogP contribution in [0.15, 0.2) is 36.4 Å². The van der Waals surface area contributed by atoms with Crippen LogP contribution in [0.4, 0.5) is 5.69 Å². The maximum absolute atomic E-state index is 11.9. The summed E-state index contributed by atoms with van der Waals surface area (Å²) in [5.74, 6) is -1.04. The molecule has 2 aromatic carbocycles. The van der Waals surface area contributed by atoms with Gasteiger partial charge in [-0.15, -0.1) is 0 Å². The number of carbonyl (C=O) groups excluding carboxylic acids is 1. The van der Waals surface area contributed by atoms with E-state index in [2.05, 4.69) is 5.32 Å². The summed E-state index contributed by atoms with van der Waals surface area (Å²) in [6.45, 7) is 0. The van der Waals surface area contributed by atoms with Crippen molar-refractivity contribution >= 4 is 23.2 Å². The zero-order valence-electron chi connectivity index (χ0n) is 9.59. The predicted molar refractivity (Wildman–Crippen MR) is 70.8 cm³/mol. The van der Waals surface area contributed by atoms with Gasteiger partial charge in [-0.05, 0) is 30.3 Å².